The van der Waals surface area contributed by atoms with Crippen LogP contribution < -0.4 is 4.74 Å². The molecule has 0 spiro atoms. The van der Waals surface area contributed by atoms with Gasteiger partial charge in [0.05, 0.1) is 0 Å². The first kappa shape index (κ1) is 12.0. The summed E-state index contributed by atoms with van der Waals surface area (Å²) < 4.78 is 5.94. The van der Waals surface area contributed by atoms with Gasteiger partial charge in [-0.2, -0.15) is 0 Å². The molecule has 0 bridgehead atoms. The molecule has 1 heteroatoms. The van der Waals surface area contributed by atoms with E-state index in [2.05, 4.69) is 31.7 Å². The molecule has 90 valence electrons. The highest BCUT2D eigenvalue weighted by Crippen LogP contribution is 2.39. The van der Waals surface area contributed by atoms with Crippen molar-refractivity contribution in [3.05, 3.63) is 48.1 Å². The van der Waals surface area contributed by atoms with Gasteiger partial charge in [0.15, 0.2) is 0 Å². The smallest absolute Gasteiger partial charge is 0.145 e. The van der Waals surface area contributed by atoms with E-state index in [-0.39, 0.29) is 6.10 Å². The molecule has 2 rings (SSSR count). The highest BCUT2D eigenvalue weighted by molar-refractivity contribution is 5.79. The Hall–Kier alpha value is -1.50. The molecule has 0 N–H and O–H groups in total. The second-order valence-corrected chi connectivity index (χ2v) is 4.64. The molecule has 0 aromatic heterocycles. The molecule has 0 amide bonds. The van der Waals surface area contributed by atoms with Crippen LogP contribution in [0.5, 0.6) is 5.75 Å². The summed E-state index contributed by atoms with van der Waals surface area (Å²) in [4.78, 5) is 0. The van der Waals surface area contributed by atoms with Crippen LogP contribution in [0.4, 0.5) is 0 Å². The van der Waals surface area contributed by atoms with Crippen molar-refractivity contribution in [1.82, 2.24) is 0 Å². The van der Waals surface area contributed by atoms with Gasteiger partial charge >= 0.3 is 0 Å². The number of hydrogen-bond donors (Lipinski definition) is 0. The fraction of sp³-hybridized carbons (Fsp3) is 0.375. The molecule has 0 aliphatic carbocycles. The van der Waals surface area contributed by atoms with Crippen LogP contribution in [0.1, 0.15) is 38.7 Å². The van der Waals surface area contributed by atoms with Crippen LogP contribution in [0.2, 0.25) is 0 Å². The molecule has 1 aromatic carbocycles. The van der Waals surface area contributed by atoms with Crippen molar-refractivity contribution >= 4 is 5.57 Å². The fourth-order valence-corrected chi connectivity index (χ4v) is 2.18. The minimum Gasteiger partial charge on any atom is -0.481 e. The molecule has 1 nitrogen and oxygen atoms in total. The maximum Gasteiger partial charge on any atom is 0.145 e. The van der Waals surface area contributed by atoms with E-state index in [9.17, 15) is 0 Å². The Morgan fingerprint density at radius 1 is 1.41 bits per heavy atom. The van der Waals surface area contributed by atoms with Gasteiger partial charge in [-0.3, -0.25) is 0 Å². The largest absolute Gasteiger partial charge is 0.481 e. The number of benzene rings is 1. The molecule has 1 heterocycles. The number of rotatable bonds is 4. The Morgan fingerprint density at radius 2 is 2.18 bits per heavy atom. The van der Waals surface area contributed by atoms with Crippen LogP contribution >= 0.6 is 0 Å². The molecule has 1 aliphatic rings. The Labute approximate surface area is 104 Å². The lowest BCUT2D eigenvalue weighted by Crippen LogP contribution is -2.12. The number of allylic oxidation sites excluding steroid dienone is 1. The maximum atomic E-state index is 5.94. The topological polar surface area (TPSA) is 9.23 Å². The third-order valence-corrected chi connectivity index (χ3v) is 3.09. The van der Waals surface area contributed by atoms with Crippen molar-refractivity contribution in [2.75, 3.05) is 0 Å². The lowest BCUT2D eigenvalue weighted by molar-refractivity contribution is 0.311. The summed E-state index contributed by atoms with van der Waals surface area (Å²) in [6.45, 7) is 8.28. The van der Waals surface area contributed by atoms with Gasteiger partial charge in [-0.15, -0.1) is 0 Å². The predicted molar refractivity (Wildman–Crippen MR) is 73.2 cm³/mol. The SMILES string of the molecule is C=C(C)C1Oc2ccccc2/C1=C\CCCC. The van der Waals surface area contributed by atoms with Gasteiger partial charge in [0.25, 0.3) is 0 Å². The van der Waals surface area contributed by atoms with E-state index in [0.29, 0.717) is 0 Å². The Balaban J connectivity index is 2.30. The number of ether oxygens (including phenoxy) is 1. The standard InChI is InChI=1S/C16H20O/c1-4-5-6-10-14-13-9-7-8-11-15(13)17-16(14)12(2)3/h7-11,16H,2,4-6H2,1,3H3/b14-10+. The molecular weight excluding hydrogens is 208 g/mol. The molecule has 0 saturated heterocycles. The lowest BCUT2D eigenvalue weighted by atomic mass is 9.97. The highest BCUT2D eigenvalue weighted by atomic mass is 16.5. The first-order valence-corrected chi connectivity index (χ1v) is 6.35. The van der Waals surface area contributed by atoms with E-state index in [1.54, 1.807) is 0 Å². The van der Waals surface area contributed by atoms with E-state index in [1.165, 1.54) is 24.0 Å². The van der Waals surface area contributed by atoms with Gasteiger partial charge in [-0.05, 0) is 25.0 Å². The van der Waals surface area contributed by atoms with Crippen molar-refractivity contribution < 1.29 is 4.74 Å². The van der Waals surface area contributed by atoms with Gasteiger partial charge < -0.3 is 4.74 Å². The normalized spacial score (nSPS) is 20.1. The third-order valence-electron chi connectivity index (χ3n) is 3.09. The summed E-state index contributed by atoms with van der Waals surface area (Å²) in [5.41, 5.74) is 3.60. The minimum absolute atomic E-state index is 0.0456. The molecule has 0 saturated carbocycles. The quantitative estimate of drug-likeness (QED) is 0.540. The van der Waals surface area contributed by atoms with Crippen molar-refractivity contribution in [1.29, 1.82) is 0 Å². The summed E-state index contributed by atoms with van der Waals surface area (Å²) in [6.07, 6.45) is 5.94. The predicted octanol–water partition coefficient (Wildman–Crippen LogP) is 4.60. The zero-order valence-corrected chi connectivity index (χ0v) is 10.7. The molecule has 0 radical (unpaired) electrons. The number of para-hydroxylation sites is 1. The van der Waals surface area contributed by atoms with Crippen molar-refractivity contribution in [2.24, 2.45) is 0 Å². The van der Waals surface area contributed by atoms with E-state index in [0.717, 1.165) is 17.7 Å². The molecule has 1 atom stereocenters. The molecule has 1 aliphatic heterocycles. The highest BCUT2D eigenvalue weighted by Gasteiger charge is 2.28. The van der Waals surface area contributed by atoms with Gasteiger partial charge in [-0.25, -0.2) is 0 Å². The van der Waals surface area contributed by atoms with Crippen molar-refractivity contribution in [3.8, 4) is 5.75 Å². The first-order valence-electron chi connectivity index (χ1n) is 6.35. The number of fused-ring (bicyclic) bond motifs is 1. The lowest BCUT2D eigenvalue weighted by Gasteiger charge is -2.12. The summed E-state index contributed by atoms with van der Waals surface area (Å²) in [6, 6.07) is 8.25. The summed E-state index contributed by atoms with van der Waals surface area (Å²) in [7, 11) is 0. The van der Waals surface area contributed by atoms with Gasteiger partial charge in [0.2, 0.25) is 0 Å². The average Bonchev–Trinajstić information content (AvgIpc) is 2.69. The second-order valence-electron chi connectivity index (χ2n) is 4.64. The van der Waals surface area contributed by atoms with Gasteiger partial charge in [-0.1, -0.05) is 50.6 Å². The van der Waals surface area contributed by atoms with Crippen LogP contribution in [-0.4, -0.2) is 6.10 Å². The van der Waals surface area contributed by atoms with Gasteiger partial charge in [0.1, 0.15) is 11.9 Å². The monoisotopic (exact) mass is 228 g/mol. The Morgan fingerprint density at radius 3 is 2.88 bits per heavy atom. The number of unbranched alkanes of at least 4 members (excludes halogenated alkanes) is 2. The minimum atomic E-state index is 0.0456. The van der Waals surface area contributed by atoms with Gasteiger partial charge in [0, 0.05) is 11.1 Å². The molecule has 1 aromatic rings. The van der Waals surface area contributed by atoms with Crippen molar-refractivity contribution in [2.45, 2.75) is 39.2 Å². The zero-order valence-electron chi connectivity index (χ0n) is 10.7. The maximum absolute atomic E-state index is 5.94. The zero-order chi connectivity index (χ0) is 12.3. The molecule has 17 heavy (non-hydrogen) atoms. The van der Waals surface area contributed by atoms with Crippen LogP contribution in [0.15, 0.2) is 42.5 Å². The summed E-state index contributed by atoms with van der Waals surface area (Å²) >= 11 is 0. The molecule has 0 fully saturated rings. The first-order chi connectivity index (χ1) is 8.24. The summed E-state index contributed by atoms with van der Waals surface area (Å²) in [5.74, 6) is 0.989. The van der Waals surface area contributed by atoms with Crippen LogP contribution in [0.3, 0.4) is 0 Å². The van der Waals surface area contributed by atoms with Crippen molar-refractivity contribution in [3.63, 3.8) is 0 Å². The van der Waals surface area contributed by atoms with Crippen LogP contribution in [0, 0.1) is 0 Å². The van der Waals surface area contributed by atoms with E-state index in [1.807, 2.05) is 19.1 Å². The van der Waals surface area contributed by atoms with E-state index < -0.39 is 0 Å². The Bertz CT molecular complexity index is 443. The third kappa shape index (κ3) is 2.44. The van der Waals surface area contributed by atoms with Crippen LogP contribution in [-0.2, 0) is 0 Å². The fourth-order valence-electron chi connectivity index (χ4n) is 2.18. The number of hydrogen-bond acceptors (Lipinski definition) is 1. The second kappa shape index (κ2) is 5.22. The average molecular weight is 228 g/mol. The summed E-state index contributed by atoms with van der Waals surface area (Å²) in [5, 5.41) is 0. The molecule has 1 unspecified atom stereocenters. The van der Waals surface area contributed by atoms with Crippen LogP contribution in [0.25, 0.3) is 5.57 Å². The van der Waals surface area contributed by atoms with E-state index >= 15 is 0 Å². The van der Waals surface area contributed by atoms with E-state index in [4.69, 9.17) is 4.74 Å². The Kier molecular flexibility index (Phi) is 3.68. The molecular formula is C16H20O.